The van der Waals surface area contributed by atoms with Crippen molar-refractivity contribution in [3.8, 4) is 11.1 Å². The first-order valence-corrected chi connectivity index (χ1v) is 10.3. The molecular formula is C23H25N5O4. The van der Waals surface area contributed by atoms with E-state index in [1.165, 1.54) is 7.11 Å². The second kappa shape index (κ2) is 9.29. The van der Waals surface area contributed by atoms with Crippen LogP contribution in [0.1, 0.15) is 47.5 Å². The molecule has 166 valence electrons. The van der Waals surface area contributed by atoms with Gasteiger partial charge in [-0.1, -0.05) is 52.8 Å². The lowest BCUT2D eigenvalue weighted by Gasteiger charge is -2.21. The molecule has 3 aromatic rings. The van der Waals surface area contributed by atoms with Gasteiger partial charge in [-0.2, -0.15) is 4.98 Å². The summed E-state index contributed by atoms with van der Waals surface area (Å²) in [5.41, 5.74) is 9.24. The summed E-state index contributed by atoms with van der Waals surface area (Å²) in [5.74, 6) is 0.250. The molecular weight excluding hydrogens is 410 g/mol. The van der Waals surface area contributed by atoms with Crippen LogP contribution in [0.2, 0.25) is 0 Å². The van der Waals surface area contributed by atoms with Gasteiger partial charge in [0.25, 0.3) is 5.91 Å². The number of amides is 1. The number of nitrogens with zero attached hydrogens (tertiary/aromatic N) is 4. The second-order valence-electron chi connectivity index (χ2n) is 7.69. The van der Waals surface area contributed by atoms with Crippen molar-refractivity contribution >= 4 is 11.6 Å². The van der Waals surface area contributed by atoms with Gasteiger partial charge in [0.15, 0.2) is 5.82 Å². The predicted octanol–water partition coefficient (Wildman–Crippen LogP) is 2.71. The number of carbonyl (C=O) groups excluding carboxylic acids is 1. The smallest absolute Gasteiger partial charge is 0.254 e. The third-order valence-electron chi connectivity index (χ3n) is 5.44. The Morgan fingerprint density at radius 3 is 2.56 bits per heavy atom. The zero-order valence-electron chi connectivity index (χ0n) is 17.9. The van der Waals surface area contributed by atoms with Gasteiger partial charge in [-0.3, -0.25) is 4.79 Å². The first-order chi connectivity index (χ1) is 15.5. The Kier molecular flexibility index (Phi) is 6.29. The van der Waals surface area contributed by atoms with Gasteiger partial charge in [-0.05, 0) is 30.2 Å². The van der Waals surface area contributed by atoms with Crippen LogP contribution in [0, 0.1) is 0 Å². The number of carbonyl (C=O) groups is 1. The molecule has 1 aromatic heterocycles. The van der Waals surface area contributed by atoms with E-state index >= 15 is 0 Å². The SMILES string of the molecule is CON=C1CC(c2noc([C@@H](N)[C@@H](C)O)n2)N(C(=O)c2ccc(-c3ccccc3)cc2)C1. The topological polar surface area (TPSA) is 127 Å². The molecule has 4 rings (SSSR count). The zero-order valence-corrected chi connectivity index (χ0v) is 17.9. The molecule has 32 heavy (non-hydrogen) atoms. The van der Waals surface area contributed by atoms with Crippen molar-refractivity contribution in [1.29, 1.82) is 0 Å². The van der Waals surface area contributed by atoms with Gasteiger partial charge in [0.1, 0.15) is 19.2 Å². The molecule has 0 bridgehead atoms. The molecule has 1 aliphatic rings. The van der Waals surface area contributed by atoms with Crippen molar-refractivity contribution in [1.82, 2.24) is 15.0 Å². The van der Waals surface area contributed by atoms with Crippen molar-refractivity contribution in [3.05, 3.63) is 71.9 Å². The summed E-state index contributed by atoms with van der Waals surface area (Å²) < 4.78 is 5.24. The van der Waals surface area contributed by atoms with Crippen LogP contribution >= 0.6 is 0 Å². The molecule has 1 aliphatic heterocycles. The quantitative estimate of drug-likeness (QED) is 0.570. The lowest BCUT2D eigenvalue weighted by molar-refractivity contribution is 0.0732. The van der Waals surface area contributed by atoms with Gasteiger partial charge in [0.2, 0.25) is 5.89 Å². The fourth-order valence-corrected chi connectivity index (χ4v) is 3.67. The van der Waals surface area contributed by atoms with E-state index in [0.29, 0.717) is 23.5 Å². The first kappa shape index (κ1) is 21.7. The Morgan fingerprint density at radius 2 is 1.91 bits per heavy atom. The zero-order chi connectivity index (χ0) is 22.7. The lowest BCUT2D eigenvalue weighted by Crippen LogP contribution is -2.32. The Balaban J connectivity index is 1.59. The number of rotatable bonds is 6. The van der Waals surface area contributed by atoms with E-state index in [4.69, 9.17) is 15.1 Å². The average molecular weight is 435 g/mol. The van der Waals surface area contributed by atoms with Crippen molar-refractivity contribution < 1.29 is 19.3 Å². The van der Waals surface area contributed by atoms with Crippen LogP contribution in [-0.2, 0) is 4.84 Å². The molecule has 0 spiro atoms. The lowest BCUT2D eigenvalue weighted by atomic mass is 10.0. The van der Waals surface area contributed by atoms with E-state index in [-0.39, 0.29) is 18.3 Å². The molecule has 9 nitrogen and oxygen atoms in total. The van der Waals surface area contributed by atoms with Crippen LogP contribution in [0.3, 0.4) is 0 Å². The van der Waals surface area contributed by atoms with E-state index in [1.807, 2.05) is 42.5 Å². The van der Waals surface area contributed by atoms with Crippen LogP contribution in [0.25, 0.3) is 11.1 Å². The van der Waals surface area contributed by atoms with Gasteiger partial charge in [0.05, 0.1) is 18.4 Å². The van der Waals surface area contributed by atoms with E-state index in [1.54, 1.807) is 24.0 Å². The molecule has 2 heterocycles. The van der Waals surface area contributed by atoms with E-state index in [2.05, 4.69) is 15.3 Å². The molecule has 3 N–H and O–H groups in total. The Labute approximate surface area is 185 Å². The van der Waals surface area contributed by atoms with Crippen LogP contribution in [0.4, 0.5) is 0 Å². The standard InChI is InChI=1S/C23H25N5O4/c1-14(29)20(24)22-25-21(27-32-22)19-12-18(26-31-2)13-28(19)23(30)17-10-8-16(9-11-17)15-6-4-3-5-7-15/h3-11,14,19-20,29H,12-13,24H2,1-2H3/t14-,19?,20+/m1/s1. The fourth-order valence-electron chi connectivity index (χ4n) is 3.67. The second-order valence-corrected chi connectivity index (χ2v) is 7.69. The number of nitrogens with two attached hydrogens (primary N) is 1. The molecule has 1 amide bonds. The summed E-state index contributed by atoms with van der Waals surface area (Å²) in [6.45, 7) is 1.83. The summed E-state index contributed by atoms with van der Waals surface area (Å²) >= 11 is 0. The Morgan fingerprint density at radius 1 is 1.22 bits per heavy atom. The molecule has 3 atom stereocenters. The highest BCUT2D eigenvalue weighted by molar-refractivity contribution is 6.00. The fraction of sp³-hybridized carbons (Fsp3) is 0.304. The third kappa shape index (κ3) is 4.39. The number of hydrogen-bond donors (Lipinski definition) is 2. The summed E-state index contributed by atoms with van der Waals surface area (Å²) in [4.78, 5) is 24.2. The molecule has 2 aromatic carbocycles. The van der Waals surface area contributed by atoms with Crippen LogP contribution in [0.15, 0.2) is 64.3 Å². The van der Waals surface area contributed by atoms with E-state index < -0.39 is 18.2 Å². The summed E-state index contributed by atoms with van der Waals surface area (Å²) in [6, 6.07) is 16.1. The number of aromatic nitrogens is 2. The molecule has 1 fully saturated rings. The monoisotopic (exact) mass is 435 g/mol. The highest BCUT2D eigenvalue weighted by Crippen LogP contribution is 2.32. The molecule has 0 saturated carbocycles. The van der Waals surface area contributed by atoms with Crippen molar-refractivity contribution in [3.63, 3.8) is 0 Å². The van der Waals surface area contributed by atoms with Gasteiger partial charge in [-0.15, -0.1) is 0 Å². The number of aliphatic hydroxyl groups excluding tert-OH is 1. The first-order valence-electron chi connectivity index (χ1n) is 10.3. The summed E-state index contributed by atoms with van der Waals surface area (Å²) in [7, 11) is 1.46. The largest absolute Gasteiger partial charge is 0.399 e. The predicted molar refractivity (Wildman–Crippen MR) is 118 cm³/mol. The van der Waals surface area contributed by atoms with Crippen molar-refractivity contribution in [2.75, 3.05) is 13.7 Å². The van der Waals surface area contributed by atoms with Gasteiger partial charge >= 0.3 is 0 Å². The maximum absolute atomic E-state index is 13.4. The van der Waals surface area contributed by atoms with Gasteiger partial charge in [-0.25, -0.2) is 0 Å². The molecule has 1 unspecified atom stereocenters. The number of hydrogen-bond acceptors (Lipinski definition) is 8. The third-order valence-corrected chi connectivity index (χ3v) is 5.44. The maximum Gasteiger partial charge on any atom is 0.254 e. The normalized spacial score (nSPS) is 19.2. The van der Waals surface area contributed by atoms with Gasteiger partial charge in [0, 0.05) is 12.0 Å². The highest BCUT2D eigenvalue weighted by atomic mass is 16.6. The Bertz CT molecular complexity index is 1100. The number of benzene rings is 2. The highest BCUT2D eigenvalue weighted by Gasteiger charge is 2.38. The van der Waals surface area contributed by atoms with Gasteiger partial charge < -0.3 is 25.1 Å². The van der Waals surface area contributed by atoms with E-state index in [9.17, 15) is 9.90 Å². The molecule has 1 saturated heterocycles. The van der Waals surface area contributed by atoms with Crippen LogP contribution < -0.4 is 5.73 Å². The molecule has 0 radical (unpaired) electrons. The minimum Gasteiger partial charge on any atom is -0.399 e. The average Bonchev–Trinajstić information content (AvgIpc) is 3.46. The maximum atomic E-state index is 13.4. The molecule has 9 heteroatoms. The summed E-state index contributed by atoms with van der Waals surface area (Å²) in [6.07, 6.45) is -0.441. The number of aliphatic hydroxyl groups is 1. The Hall–Kier alpha value is -3.56. The minimum atomic E-state index is -0.849. The van der Waals surface area contributed by atoms with Crippen LogP contribution in [-0.4, -0.2) is 51.5 Å². The van der Waals surface area contributed by atoms with Crippen LogP contribution in [0.5, 0.6) is 0 Å². The minimum absolute atomic E-state index is 0.117. The summed E-state index contributed by atoms with van der Waals surface area (Å²) in [5, 5.41) is 17.7. The number of oxime groups is 1. The number of likely N-dealkylation sites (tertiary alicyclic amines) is 1. The van der Waals surface area contributed by atoms with E-state index in [0.717, 1.165) is 11.1 Å². The van der Waals surface area contributed by atoms with Crippen molar-refractivity contribution in [2.24, 2.45) is 10.9 Å². The van der Waals surface area contributed by atoms with Crippen molar-refractivity contribution in [2.45, 2.75) is 31.5 Å². The molecule has 0 aliphatic carbocycles.